The second-order valence-electron chi connectivity index (χ2n) is 5.02. The number of carboxylic acid groups (broad SMARTS) is 1. The molecule has 0 bridgehead atoms. The van der Waals surface area contributed by atoms with Crippen molar-refractivity contribution in [3.05, 3.63) is 0 Å². The summed E-state index contributed by atoms with van der Waals surface area (Å²) in [6.45, 7) is 5.53. The maximum Gasteiger partial charge on any atom is 0.326 e. The zero-order valence-electron chi connectivity index (χ0n) is 10.8. The van der Waals surface area contributed by atoms with Crippen LogP contribution in [-0.2, 0) is 9.59 Å². The number of rotatable bonds is 6. The van der Waals surface area contributed by atoms with Gasteiger partial charge in [0.05, 0.1) is 6.04 Å². The Bertz CT molecular complexity index is 276. The van der Waals surface area contributed by atoms with E-state index in [0.717, 1.165) is 0 Å². The summed E-state index contributed by atoms with van der Waals surface area (Å²) in [5.74, 6) is -0.748. The first-order valence-corrected chi connectivity index (χ1v) is 6.87. The zero-order chi connectivity index (χ0) is 13.6. The van der Waals surface area contributed by atoms with Crippen molar-refractivity contribution in [3.8, 4) is 0 Å². The first kappa shape index (κ1) is 16.2. The summed E-state index contributed by atoms with van der Waals surface area (Å²) < 4.78 is 0. The van der Waals surface area contributed by atoms with E-state index in [9.17, 15) is 9.59 Å². The smallest absolute Gasteiger partial charge is 0.326 e. The minimum atomic E-state index is -1.02. The molecule has 0 aromatic heterocycles. The molecule has 100 valence electrons. The summed E-state index contributed by atoms with van der Waals surface area (Å²) in [7, 11) is 0. The van der Waals surface area contributed by atoms with Crippen molar-refractivity contribution >= 4 is 23.6 Å². The van der Waals surface area contributed by atoms with E-state index >= 15 is 0 Å². The number of thioether (sulfide) groups is 1. The Hall–Kier alpha value is -0.750. The number of hydrogen-bond donors (Lipinski definition) is 3. The van der Waals surface area contributed by atoms with Crippen LogP contribution in [0, 0.1) is 5.41 Å². The van der Waals surface area contributed by atoms with Crippen LogP contribution < -0.4 is 11.1 Å². The monoisotopic (exact) mass is 262 g/mol. The number of amides is 1. The van der Waals surface area contributed by atoms with Gasteiger partial charge in [0.2, 0.25) is 5.91 Å². The average molecular weight is 262 g/mol. The van der Waals surface area contributed by atoms with Crippen molar-refractivity contribution in [1.82, 2.24) is 5.32 Å². The molecule has 0 saturated carbocycles. The molecule has 0 heterocycles. The number of carbonyl (C=O) groups is 2. The molecule has 0 fully saturated rings. The summed E-state index contributed by atoms with van der Waals surface area (Å²) in [5.41, 5.74) is 5.38. The van der Waals surface area contributed by atoms with Crippen molar-refractivity contribution in [1.29, 1.82) is 0 Å². The van der Waals surface area contributed by atoms with E-state index in [1.165, 1.54) is 0 Å². The number of hydrogen-bond acceptors (Lipinski definition) is 4. The quantitative estimate of drug-likeness (QED) is 0.654. The second kappa shape index (κ2) is 6.86. The molecule has 2 atom stereocenters. The topological polar surface area (TPSA) is 92.4 Å². The summed E-state index contributed by atoms with van der Waals surface area (Å²) in [6, 6.07) is -1.57. The van der Waals surface area contributed by atoms with Crippen LogP contribution in [0.1, 0.15) is 27.2 Å². The van der Waals surface area contributed by atoms with Crippen molar-refractivity contribution in [2.45, 2.75) is 39.3 Å². The Balaban J connectivity index is 4.45. The molecule has 4 N–H and O–H groups in total. The Morgan fingerprint density at radius 3 is 2.29 bits per heavy atom. The average Bonchev–Trinajstić information content (AvgIpc) is 2.20. The maximum absolute atomic E-state index is 11.8. The highest BCUT2D eigenvalue weighted by atomic mass is 32.2. The van der Waals surface area contributed by atoms with Crippen LogP contribution in [0.3, 0.4) is 0 Å². The van der Waals surface area contributed by atoms with Crippen LogP contribution in [0.25, 0.3) is 0 Å². The molecule has 6 heteroatoms. The number of aliphatic carboxylic acids is 1. The van der Waals surface area contributed by atoms with Gasteiger partial charge in [-0.3, -0.25) is 4.79 Å². The van der Waals surface area contributed by atoms with Gasteiger partial charge in [0.25, 0.3) is 0 Å². The lowest BCUT2D eigenvalue weighted by Crippen LogP contribution is -2.53. The largest absolute Gasteiger partial charge is 0.480 e. The predicted molar refractivity (Wildman–Crippen MR) is 70.0 cm³/mol. The molecule has 0 aromatic carbocycles. The highest BCUT2D eigenvalue weighted by molar-refractivity contribution is 7.98. The first-order chi connectivity index (χ1) is 7.70. The van der Waals surface area contributed by atoms with Gasteiger partial charge in [-0.25, -0.2) is 4.79 Å². The molecular weight excluding hydrogens is 240 g/mol. The van der Waals surface area contributed by atoms with Gasteiger partial charge in [-0.15, -0.1) is 0 Å². The van der Waals surface area contributed by atoms with Crippen molar-refractivity contribution in [2.24, 2.45) is 11.1 Å². The lowest BCUT2D eigenvalue weighted by molar-refractivity contribution is -0.142. The zero-order valence-corrected chi connectivity index (χ0v) is 11.6. The molecule has 0 aliphatic heterocycles. The SMILES string of the molecule is CSCC[C@H](NC(=O)C(N)C(C)(C)C)C(=O)O. The van der Waals surface area contributed by atoms with E-state index in [-0.39, 0.29) is 5.41 Å². The lowest BCUT2D eigenvalue weighted by Gasteiger charge is -2.27. The maximum atomic E-state index is 11.8. The number of carboxylic acids is 1. The van der Waals surface area contributed by atoms with Crippen LogP contribution in [0.15, 0.2) is 0 Å². The van der Waals surface area contributed by atoms with Gasteiger partial charge in [0, 0.05) is 0 Å². The molecule has 17 heavy (non-hydrogen) atoms. The minimum absolute atomic E-state index is 0.382. The van der Waals surface area contributed by atoms with Crippen LogP contribution in [0.4, 0.5) is 0 Å². The molecule has 0 spiro atoms. The van der Waals surface area contributed by atoms with E-state index in [4.69, 9.17) is 10.8 Å². The molecule has 0 aromatic rings. The molecule has 5 nitrogen and oxygen atoms in total. The molecule has 1 unspecified atom stereocenters. The number of nitrogens with one attached hydrogen (secondary N) is 1. The van der Waals surface area contributed by atoms with E-state index in [2.05, 4.69) is 5.32 Å². The van der Waals surface area contributed by atoms with Crippen LogP contribution >= 0.6 is 11.8 Å². The third kappa shape index (κ3) is 5.93. The van der Waals surface area contributed by atoms with Crippen LogP contribution in [0.2, 0.25) is 0 Å². The molecule has 1 amide bonds. The first-order valence-electron chi connectivity index (χ1n) is 5.48. The Morgan fingerprint density at radius 1 is 1.41 bits per heavy atom. The molecule has 0 aliphatic carbocycles. The third-order valence-electron chi connectivity index (χ3n) is 2.44. The van der Waals surface area contributed by atoms with Crippen LogP contribution in [-0.4, -0.2) is 41.1 Å². The van der Waals surface area contributed by atoms with Crippen molar-refractivity contribution in [3.63, 3.8) is 0 Å². The minimum Gasteiger partial charge on any atom is -0.480 e. The molecule has 0 saturated heterocycles. The lowest BCUT2D eigenvalue weighted by atomic mass is 9.87. The predicted octanol–water partition coefficient (Wildman–Crippen LogP) is 0.682. The van der Waals surface area contributed by atoms with E-state index in [0.29, 0.717) is 12.2 Å². The summed E-state index contributed by atoms with van der Waals surface area (Å²) in [6.07, 6.45) is 2.29. The van der Waals surface area contributed by atoms with Crippen molar-refractivity contribution < 1.29 is 14.7 Å². The fraction of sp³-hybridized carbons (Fsp3) is 0.818. The van der Waals surface area contributed by atoms with E-state index in [1.807, 2.05) is 27.0 Å². The highest BCUT2D eigenvalue weighted by Crippen LogP contribution is 2.17. The molecule has 0 aliphatic rings. The summed E-state index contributed by atoms with van der Waals surface area (Å²) >= 11 is 1.54. The Kier molecular flexibility index (Phi) is 6.56. The van der Waals surface area contributed by atoms with Crippen LogP contribution in [0.5, 0.6) is 0 Å². The second-order valence-corrected chi connectivity index (χ2v) is 6.01. The molecular formula is C11H22N2O3S. The van der Waals surface area contributed by atoms with E-state index < -0.39 is 24.0 Å². The summed E-state index contributed by atoms with van der Waals surface area (Å²) in [4.78, 5) is 22.7. The van der Waals surface area contributed by atoms with Gasteiger partial charge in [-0.2, -0.15) is 11.8 Å². The fourth-order valence-electron chi connectivity index (χ4n) is 1.15. The van der Waals surface area contributed by atoms with Gasteiger partial charge in [0.15, 0.2) is 0 Å². The van der Waals surface area contributed by atoms with Gasteiger partial charge >= 0.3 is 5.97 Å². The summed E-state index contributed by atoms with van der Waals surface area (Å²) in [5, 5.41) is 11.4. The van der Waals surface area contributed by atoms with Crippen molar-refractivity contribution in [2.75, 3.05) is 12.0 Å². The Morgan fingerprint density at radius 2 is 1.94 bits per heavy atom. The fourth-order valence-corrected chi connectivity index (χ4v) is 1.62. The van der Waals surface area contributed by atoms with Gasteiger partial charge in [-0.1, -0.05) is 20.8 Å². The number of nitrogens with two attached hydrogens (primary N) is 1. The highest BCUT2D eigenvalue weighted by Gasteiger charge is 2.30. The third-order valence-corrected chi connectivity index (χ3v) is 3.08. The van der Waals surface area contributed by atoms with E-state index in [1.54, 1.807) is 11.8 Å². The Labute approximate surface area is 107 Å². The number of carbonyl (C=O) groups excluding carboxylic acids is 1. The van der Waals surface area contributed by atoms with Gasteiger partial charge < -0.3 is 16.2 Å². The molecule has 0 rings (SSSR count). The molecule has 0 radical (unpaired) electrons. The standard InChI is InChI=1S/C11H22N2O3S/c1-11(2,3)8(12)9(14)13-7(10(15)16)5-6-17-4/h7-8H,5-6,12H2,1-4H3,(H,13,14)(H,15,16)/t7-,8?/m0/s1. The van der Waals surface area contributed by atoms with Gasteiger partial charge in [0.1, 0.15) is 6.04 Å². The normalized spacial score (nSPS) is 15.1. The van der Waals surface area contributed by atoms with Gasteiger partial charge in [-0.05, 0) is 23.8 Å².